The number of nitrogens with zero attached hydrogens (tertiary/aromatic N) is 3. The molecule has 0 saturated carbocycles. The lowest BCUT2D eigenvalue weighted by molar-refractivity contribution is 0.00968. The van der Waals surface area contributed by atoms with Gasteiger partial charge in [0.25, 0.3) is 0 Å². The topological polar surface area (TPSA) is 59.4 Å². The zero-order valence-corrected chi connectivity index (χ0v) is 15.0. The molecular weight excluding hydrogens is 292 g/mol. The Labute approximate surface area is 139 Å². The molecule has 1 aromatic rings. The highest BCUT2D eigenvalue weighted by Crippen LogP contribution is 2.21. The molecule has 0 aromatic carbocycles. The van der Waals surface area contributed by atoms with E-state index in [9.17, 15) is 4.79 Å². The second-order valence-electron chi connectivity index (χ2n) is 7.33. The number of hydrogen-bond donors (Lipinski definition) is 1. The number of nitrogens with one attached hydrogen (secondary N) is 1. The number of carbonyl (C=O) groups is 1. The van der Waals surface area contributed by atoms with Crippen LogP contribution in [0, 0.1) is 0 Å². The smallest absolute Gasteiger partial charge is 0.410 e. The van der Waals surface area contributed by atoms with Gasteiger partial charge in [-0.1, -0.05) is 0 Å². The minimum absolute atomic E-state index is 0.189. The van der Waals surface area contributed by atoms with E-state index in [0.717, 1.165) is 38.0 Å². The summed E-state index contributed by atoms with van der Waals surface area (Å²) in [5.74, 6) is 0. The van der Waals surface area contributed by atoms with E-state index in [-0.39, 0.29) is 18.2 Å². The number of ether oxygens (including phenoxy) is 1. The normalized spacial score (nSPS) is 20.4. The maximum Gasteiger partial charge on any atom is 0.410 e. The molecule has 1 N–H and O–H groups in total. The molecular formula is C17H30N4O2. The van der Waals surface area contributed by atoms with Gasteiger partial charge in [-0.15, -0.1) is 0 Å². The summed E-state index contributed by atoms with van der Waals surface area (Å²) in [5.41, 5.74) is 0.693. The van der Waals surface area contributed by atoms with E-state index in [1.54, 1.807) is 6.20 Å². The van der Waals surface area contributed by atoms with E-state index in [1.165, 1.54) is 0 Å². The third kappa shape index (κ3) is 4.96. The summed E-state index contributed by atoms with van der Waals surface area (Å²) in [4.78, 5) is 14.3. The largest absolute Gasteiger partial charge is 0.444 e. The summed E-state index contributed by atoms with van der Waals surface area (Å²) in [6.45, 7) is 9.40. The fraction of sp³-hybridized carbons (Fsp3) is 0.765. The molecule has 2 heterocycles. The van der Waals surface area contributed by atoms with Gasteiger partial charge < -0.3 is 15.0 Å². The van der Waals surface area contributed by atoms with Crippen LogP contribution in [0.15, 0.2) is 12.3 Å². The lowest BCUT2D eigenvalue weighted by atomic mass is 10.0. The fourth-order valence-electron chi connectivity index (χ4n) is 3.00. The van der Waals surface area contributed by atoms with Crippen LogP contribution in [-0.2, 0) is 11.8 Å². The molecule has 0 aliphatic carbocycles. The molecule has 1 fully saturated rings. The molecule has 6 nitrogen and oxygen atoms in total. The van der Waals surface area contributed by atoms with Gasteiger partial charge in [-0.25, -0.2) is 4.79 Å². The molecule has 0 radical (unpaired) electrons. The molecule has 6 heteroatoms. The third-order valence-electron chi connectivity index (χ3n) is 4.22. The highest BCUT2D eigenvalue weighted by molar-refractivity contribution is 5.68. The molecule has 2 atom stereocenters. The lowest BCUT2D eigenvalue weighted by Crippen LogP contribution is -2.50. The summed E-state index contributed by atoms with van der Waals surface area (Å²) in [5, 5.41) is 7.74. The van der Waals surface area contributed by atoms with Crippen LogP contribution < -0.4 is 5.32 Å². The minimum atomic E-state index is -0.450. The van der Waals surface area contributed by atoms with Crippen LogP contribution >= 0.6 is 0 Å². The van der Waals surface area contributed by atoms with Gasteiger partial charge in [0.05, 0.1) is 5.69 Å². The van der Waals surface area contributed by atoms with E-state index < -0.39 is 5.60 Å². The minimum Gasteiger partial charge on any atom is -0.444 e. The van der Waals surface area contributed by atoms with Crippen molar-refractivity contribution in [3.8, 4) is 0 Å². The summed E-state index contributed by atoms with van der Waals surface area (Å²) >= 11 is 0. The van der Waals surface area contributed by atoms with E-state index in [0.29, 0.717) is 0 Å². The quantitative estimate of drug-likeness (QED) is 0.926. The number of rotatable bonds is 4. The number of hydrogen-bond acceptors (Lipinski definition) is 4. The Kier molecular flexibility index (Phi) is 5.68. The molecule has 0 bridgehead atoms. The number of aromatic nitrogens is 2. The van der Waals surface area contributed by atoms with Gasteiger partial charge in [-0.2, -0.15) is 5.10 Å². The average molecular weight is 322 g/mol. The van der Waals surface area contributed by atoms with Crippen LogP contribution in [0.1, 0.15) is 58.7 Å². The predicted octanol–water partition coefficient (Wildman–Crippen LogP) is 2.86. The van der Waals surface area contributed by atoms with Gasteiger partial charge in [0.1, 0.15) is 5.60 Å². The molecule has 0 spiro atoms. The monoisotopic (exact) mass is 322 g/mol. The van der Waals surface area contributed by atoms with Crippen LogP contribution in [0.4, 0.5) is 4.79 Å². The van der Waals surface area contributed by atoms with Gasteiger partial charge in [0.2, 0.25) is 0 Å². The number of likely N-dealkylation sites (tertiary alicyclic amines) is 1. The standard InChI is InChI=1S/C17H30N4O2/c1-13(15-9-10-19-20(15)5)18-12-14-8-6-7-11-21(14)16(22)23-17(2,3)4/h9-10,13-14,18H,6-8,11-12H2,1-5H3. The van der Waals surface area contributed by atoms with E-state index in [2.05, 4.69) is 17.3 Å². The Morgan fingerprint density at radius 1 is 1.48 bits per heavy atom. The van der Waals surface area contributed by atoms with Gasteiger partial charge in [0, 0.05) is 38.4 Å². The van der Waals surface area contributed by atoms with E-state index in [1.807, 2.05) is 43.5 Å². The van der Waals surface area contributed by atoms with Gasteiger partial charge in [0.15, 0.2) is 0 Å². The van der Waals surface area contributed by atoms with Gasteiger partial charge in [-0.05, 0) is 53.0 Å². The molecule has 130 valence electrons. The average Bonchev–Trinajstić information content (AvgIpc) is 2.89. The van der Waals surface area contributed by atoms with Gasteiger partial charge in [-0.3, -0.25) is 4.68 Å². The van der Waals surface area contributed by atoms with Crippen molar-refractivity contribution in [3.05, 3.63) is 18.0 Å². The van der Waals surface area contributed by atoms with Crippen molar-refractivity contribution >= 4 is 6.09 Å². The summed E-state index contributed by atoms with van der Waals surface area (Å²) < 4.78 is 7.43. The van der Waals surface area contributed by atoms with Crippen LogP contribution in [0.25, 0.3) is 0 Å². The summed E-state index contributed by atoms with van der Waals surface area (Å²) in [7, 11) is 1.95. The Balaban J connectivity index is 1.93. The Hall–Kier alpha value is -1.56. The van der Waals surface area contributed by atoms with Crippen molar-refractivity contribution in [2.45, 2.75) is 64.6 Å². The van der Waals surface area contributed by atoms with Gasteiger partial charge >= 0.3 is 6.09 Å². The van der Waals surface area contributed by atoms with Crippen molar-refractivity contribution in [1.82, 2.24) is 20.0 Å². The highest BCUT2D eigenvalue weighted by Gasteiger charge is 2.30. The predicted molar refractivity (Wildman–Crippen MR) is 90.2 cm³/mol. The molecule has 1 aliphatic rings. The van der Waals surface area contributed by atoms with E-state index in [4.69, 9.17) is 4.74 Å². The highest BCUT2D eigenvalue weighted by atomic mass is 16.6. The van der Waals surface area contributed by atoms with Crippen LogP contribution in [0.3, 0.4) is 0 Å². The third-order valence-corrected chi connectivity index (χ3v) is 4.22. The number of piperidine rings is 1. The molecule has 2 rings (SSSR count). The summed E-state index contributed by atoms with van der Waals surface area (Å²) in [6.07, 6.45) is 4.83. The van der Waals surface area contributed by atoms with E-state index >= 15 is 0 Å². The first-order valence-electron chi connectivity index (χ1n) is 8.49. The van der Waals surface area contributed by atoms with Crippen molar-refractivity contribution in [2.75, 3.05) is 13.1 Å². The zero-order chi connectivity index (χ0) is 17.0. The Morgan fingerprint density at radius 3 is 2.83 bits per heavy atom. The first-order valence-corrected chi connectivity index (χ1v) is 8.49. The second kappa shape index (κ2) is 7.34. The second-order valence-corrected chi connectivity index (χ2v) is 7.33. The van der Waals surface area contributed by atoms with Crippen LogP contribution in [0.5, 0.6) is 0 Å². The fourth-order valence-corrected chi connectivity index (χ4v) is 3.00. The molecule has 1 amide bonds. The van der Waals surface area contributed by atoms with Crippen LogP contribution in [-0.4, -0.2) is 45.5 Å². The molecule has 2 unspecified atom stereocenters. The number of carbonyl (C=O) groups excluding carboxylic acids is 1. The lowest BCUT2D eigenvalue weighted by Gasteiger charge is -2.37. The Morgan fingerprint density at radius 2 is 2.22 bits per heavy atom. The molecule has 23 heavy (non-hydrogen) atoms. The first kappa shape index (κ1) is 17.8. The number of aryl methyl sites for hydroxylation is 1. The SMILES string of the molecule is CC(NCC1CCCCN1C(=O)OC(C)(C)C)c1ccnn1C. The molecule has 1 aromatic heterocycles. The van der Waals surface area contributed by atoms with Crippen LogP contribution in [0.2, 0.25) is 0 Å². The maximum atomic E-state index is 12.4. The van der Waals surface area contributed by atoms with Crippen molar-refractivity contribution in [3.63, 3.8) is 0 Å². The number of amides is 1. The molecule has 1 saturated heterocycles. The first-order chi connectivity index (χ1) is 10.8. The Bertz CT molecular complexity index is 521. The zero-order valence-electron chi connectivity index (χ0n) is 15.0. The molecule has 1 aliphatic heterocycles. The van der Waals surface area contributed by atoms with Crippen molar-refractivity contribution in [2.24, 2.45) is 7.05 Å². The summed E-state index contributed by atoms with van der Waals surface area (Å²) in [6, 6.07) is 2.41. The van der Waals surface area contributed by atoms with Crippen molar-refractivity contribution in [1.29, 1.82) is 0 Å². The van der Waals surface area contributed by atoms with Crippen molar-refractivity contribution < 1.29 is 9.53 Å². The maximum absolute atomic E-state index is 12.4.